The average molecular weight is 368 g/mol. The van der Waals surface area contributed by atoms with Gasteiger partial charge < -0.3 is 14.8 Å². The van der Waals surface area contributed by atoms with Crippen LogP contribution < -0.4 is 10.1 Å². The first-order chi connectivity index (χ1) is 13.1. The van der Waals surface area contributed by atoms with E-state index in [4.69, 9.17) is 9.47 Å². The van der Waals surface area contributed by atoms with Crippen LogP contribution in [0.1, 0.15) is 36.2 Å². The number of carbonyl (C=O) groups is 1. The summed E-state index contributed by atoms with van der Waals surface area (Å²) in [5, 5.41) is 2.96. The molecule has 0 aromatic heterocycles. The Labute approximate surface area is 161 Å². The van der Waals surface area contributed by atoms with E-state index in [1.54, 1.807) is 12.1 Å². The first-order valence-electron chi connectivity index (χ1n) is 9.61. The highest BCUT2D eigenvalue weighted by Gasteiger charge is 2.11. The van der Waals surface area contributed by atoms with Crippen LogP contribution in [0.4, 0.5) is 5.69 Å². The second-order valence-electron chi connectivity index (χ2n) is 6.90. The minimum Gasteiger partial charge on any atom is -0.491 e. The van der Waals surface area contributed by atoms with Crippen molar-refractivity contribution in [3.8, 4) is 5.75 Å². The number of carbonyl (C=O) groups excluding carboxylic acids is 1. The number of morpholine rings is 1. The van der Waals surface area contributed by atoms with E-state index in [-0.39, 0.29) is 12.0 Å². The zero-order valence-electron chi connectivity index (χ0n) is 16.1. The van der Waals surface area contributed by atoms with Gasteiger partial charge in [-0.15, -0.1) is 0 Å². The maximum absolute atomic E-state index is 12.5. The van der Waals surface area contributed by atoms with Gasteiger partial charge in [0.05, 0.1) is 19.3 Å². The first kappa shape index (κ1) is 19.4. The van der Waals surface area contributed by atoms with Crippen molar-refractivity contribution < 1.29 is 14.3 Å². The zero-order chi connectivity index (χ0) is 19.1. The van der Waals surface area contributed by atoms with Crippen LogP contribution in [-0.4, -0.2) is 43.2 Å². The van der Waals surface area contributed by atoms with Crippen molar-refractivity contribution in [1.82, 2.24) is 4.90 Å². The third-order valence-corrected chi connectivity index (χ3v) is 4.73. The lowest BCUT2D eigenvalue weighted by Gasteiger charge is -2.26. The quantitative estimate of drug-likeness (QED) is 0.804. The zero-order valence-corrected chi connectivity index (χ0v) is 16.1. The number of rotatable bonds is 7. The van der Waals surface area contributed by atoms with Gasteiger partial charge in [-0.1, -0.05) is 25.1 Å². The molecule has 5 nitrogen and oxygen atoms in total. The second kappa shape index (κ2) is 9.53. The van der Waals surface area contributed by atoms with Crippen LogP contribution in [0.5, 0.6) is 5.75 Å². The lowest BCUT2D eigenvalue weighted by Crippen LogP contribution is -2.35. The molecule has 1 atom stereocenters. The lowest BCUT2D eigenvalue weighted by molar-refractivity contribution is 0.0342. The van der Waals surface area contributed by atoms with Crippen molar-refractivity contribution in [2.75, 3.05) is 31.6 Å². The van der Waals surface area contributed by atoms with Gasteiger partial charge in [-0.2, -0.15) is 0 Å². The molecule has 144 valence electrons. The summed E-state index contributed by atoms with van der Waals surface area (Å²) in [4.78, 5) is 14.9. The Morgan fingerprint density at radius 2 is 1.93 bits per heavy atom. The van der Waals surface area contributed by atoms with Gasteiger partial charge in [0.25, 0.3) is 5.91 Å². The second-order valence-corrected chi connectivity index (χ2v) is 6.90. The van der Waals surface area contributed by atoms with Crippen molar-refractivity contribution in [1.29, 1.82) is 0 Å². The van der Waals surface area contributed by atoms with Crippen LogP contribution in [0.15, 0.2) is 48.5 Å². The molecule has 2 aromatic carbocycles. The summed E-state index contributed by atoms with van der Waals surface area (Å²) in [6, 6.07) is 15.3. The summed E-state index contributed by atoms with van der Waals surface area (Å²) >= 11 is 0. The molecule has 0 saturated carbocycles. The normalized spacial score (nSPS) is 15.9. The predicted molar refractivity (Wildman–Crippen MR) is 107 cm³/mol. The van der Waals surface area contributed by atoms with Gasteiger partial charge in [-0.25, -0.2) is 0 Å². The molecule has 1 saturated heterocycles. The van der Waals surface area contributed by atoms with Crippen LogP contribution >= 0.6 is 0 Å². The minimum absolute atomic E-state index is 0.127. The highest BCUT2D eigenvalue weighted by atomic mass is 16.5. The van der Waals surface area contributed by atoms with E-state index in [1.165, 1.54) is 5.56 Å². The minimum atomic E-state index is -0.134. The topological polar surface area (TPSA) is 50.8 Å². The maximum atomic E-state index is 12.5. The first-order valence-corrected chi connectivity index (χ1v) is 9.61. The largest absolute Gasteiger partial charge is 0.491 e. The Hall–Kier alpha value is -2.37. The molecule has 27 heavy (non-hydrogen) atoms. The molecular formula is C22H28N2O3. The van der Waals surface area contributed by atoms with E-state index >= 15 is 0 Å². The number of ether oxygens (including phenoxy) is 2. The highest BCUT2D eigenvalue weighted by molar-refractivity contribution is 6.04. The fourth-order valence-electron chi connectivity index (χ4n) is 2.94. The maximum Gasteiger partial charge on any atom is 0.255 e. The molecule has 1 amide bonds. The van der Waals surface area contributed by atoms with Gasteiger partial charge >= 0.3 is 0 Å². The van der Waals surface area contributed by atoms with E-state index in [1.807, 2.05) is 31.2 Å². The lowest BCUT2D eigenvalue weighted by atomic mass is 10.1. The molecule has 1 fully saturated rings. The summed E-state index contributed by atoms with van der Waals surface area (Å²) in [6.45, 7) is 8.53. The SMILES string of the molecule is CC[C@@H](C)Oc1cccc(C(=O)Nc2ccc(CN3CCOCC3)cc2)c1. The van der Waals surface area contributed by atoms with Gasteiger partial charge in [0.2, 0.25) is 0 Å². The molecule has 0 spiro atoms. The molecule has 1 N–H and O–H groups in total. The highest BCUT2D eigenvalue weighted by Crippen LogP contribution is 2.18. The molecule has 0 aliphatic carbocycles. The molecule has 2 aromatic rings. The van der Waals surface area contributed by atoms with E-state index in [0.29, 0.717) is 5.56 Å². The fourth-order valence-corrected chi connectivity index (χ4v) is 2.94. The number of benzene rings is 2. The van der Waals surface area contributed by atoms with Crippen molar-refractivity contribution in [2.45, 2.75) is 32.9 Å². The summed E-state index contributed by atoms with van der Waals surface area (Å²) in [6.07, 6.45) is 1.05. The van der Waals surface area contributed by atoms with E-state index in [9.17, 15) is 4.79 Å². The standard InChI is InChI=1S/C22H28N2O3/c1-3-17(2)27-21-6-4-5-19(15-21)22(25)23-20-9-7-18(8-10-20)16-24-11-13-26-14-12-24/h4-10,15,17H,3,11-14,16H2,1-2H3,(H,23,25)/t17-/m1/s1. The van der Waals surface area contributed by atoms with Gasteiger partial charge in [0, 0.05) is 30.9 Å². The average Bonchev–Trinajstić information content (AvgIpc) is 2.70. The van der Waals surface area contributed by atoms with Crippen LogP contribution in [0.25, 0.3) is 0 Å². The summed E-state index contributed by atoms with van der Waals surface area (Å²) in [5.41, 5.74) is 2.62. The van der Waals surface area contributed by atoms with Crippen LogP contribution in [0, 0.1) is 0 Å². The van der Waals surface area contributed by atoms with Gasteiger partial charge in [0.1, 0.15) is 5.75 Å². The van der Waals surface area contributed by atoms with E-state index in [2.05, 4.69) is 29.3 Å². The Balaban J connectivity index is 1.58. The van der Waals surface area contributed by atoms with E-state index in [0.717, 1.165) is 50.7 Å². The van der Waals surface area contributed by atoms with Crippen molar-refractivity contribution in [3.63, 3.8) is 0 Å². The number of amides is 1. The third kappa shape index (κ3) is 5.81. The molecule has 1 aliphatic heterocycles. The molecule has 0 bridgehead atoms. The number of anilines is 1. The molecule has 0 unspecified atom stereocenters. The predicted octanol–water partition coefficient (Wildman–Crippen LogP) is 3.95. The van der Waals surface area contributed by atoms with Gasteiger partial charge in [0.15, 0.2) is 0 Å². The summed E-state index contributed by atoms with van der Waals surface area (Å²) < 4.78 is 11.2. The van der Waals surface area contributed by atoms with Crippen molar-refractivity contribution in [3.05, 3.63) is 59.7 Å². The number of nitrogens with one attached hydrogen (secondary N) is 1. The van der Waals surface area contributed by atoms with E-state index < -0.39 is 0 Å². The fraction of sp³-hybridized carbons (Fsp3) is 0.409. The van der Waals surface area contributed by atoms with Crippen LogP contribution in [0.2, 0.25) is 0 Å². The van der Waals surface area contributed by atoms with Crippen molar-refractivity contribution >= 4 is 11.6 Å². The summed E-state index contributed by atoms with van der Waals surface area (Å²) in [5.74, 6) is 0.586. The molecule has 5 heteroatoms. The van der Waals surface area contributed by atoms with Gasteiger partial charge in [-0.3, -0.25) is 9.69 Å². The molecule has 3 rings (SSSR count). The summed E-state index contributed by atoms with van der Waals surface area (Å²) in [7, 11) is 0. The Morgan fingerprint density at radius 1 is 1.19 bits per heavy atom. The van der Waals surface area contributed by atoms with Crippen LogP contribution in [-0.2, 0) is 11.3 Å². The smallest absolute Gasteiger partial charge is 0.255 e. The molecular weight excluding hydrogens is 340 g/mol. The molecule has 1 heterocycles. The van der Waals surface area contributed by atoms with Gasteiger partial charge in [-0.05, 0) is 49.2 Å². The third-order valence-electron chi connectivity index (χ3n) is 4.73. The Morgan fingerprint density at radius 3 is 2.63 bits per heavy atom. The van der Waals surface area contributed by atoms with Crippen LogP contribution in [0.3, 0.4) is 0 Å². The Kier molecular flexibility index (Phi) is 6.85. The Bertz CT molecular complexity index is 739. The number of nitrogens with zero attached hydrogens (tertiary/aromatic N) is 1. The number of hydrogen-bond donors (Lipinski definition) is 1. The molecule has 0 radical (unpaired) electrons. The van der Waals surface area contributed by atoms with Crippen molar-refractivity contribution in [2.24, 2.45) is 0 Å². The number of hydrogen-bond acceptors (Lipinski definition) is 4. The monoisotopic (exact) mass is 368 g/mol. The molecule has 1 aliphatic rings.